The monoisotopic (exact) mass is 297 g/mol. The highest BCUT2D eigenvalue weighted by Crippen LogP contribution is 2.28. The van der Waals surface area contributed by atoms with Crippen LogP contribution in [0.4, 0.5) is 14.5 Å². The van der Waals surface area contributed by atoms with E-state index in [1.54, 1.807) is 0 Å². The molecule has 1 N–H and O–H groups in total. The van der Waals surface area contributed by atoms with E-state index in [1.807, 2.05) is 0 Å². The lowest BCUT2D eigenvalue weighted by Crippen LogP contribution is -2.12. The molecule has 0 saturated carbocycles. The van der Waals surface area contributed by atoms with Gasteiger partial charge in [-0.2, -0.15) is 0 Å². The lowest BCUT2D eigenvalue weighted by molar-refractivity contribution is -0.113. The lowest BCUT2D eigenvalue weighted by Gasteiger charge is -2.07. The largest absolute Gasteiger partial charge is 0.324 e. The van der Waals surface area contributed by atoms with Crippen LogP contribution in [0.15, 0.2) is 18.2 Å². The molecule has 82 valence electrons. The summed E-state index contributed by atoms with van der Waals surface area (Å²) in [5.41, 5.74) is 0.155. The fourth-order valence-electron chi connectivity index (χ4n) is 0.952. The van der Waals surface area contributed by atoms with Crippen molar-refractivity contribution >= 4 is 39.1 Å². The topological polar surface area (TPSA) is 29.1 Å². The molecular weight excluding hydrogens is 291 g/mol. The zero-order chi connectivity index (χ0) is 11.4. The molecule has 0 heterocycles. The summed E-state index contributed by atoms with van der Waals surface area (Å²) in [7, 11) is 0. The molecule has 0 aliphatic heterocycles. The minimum absolute atomic E-state index is 0.0992. The highest BCUT2D eigenvalue weighted by Gasteiger charge is 2.10. The van der Waals surface area contributed by atoms with Crippen LogP contribution in [0.1, 0.15) is 12.0 Å². The third kappa shape index (κ3) is 3.43. The molecule has 0 aliphatic rings. The fourth-order valence-corrected chi connectivity index (χ4v) is 1.33. The van der Waals surface area contributed by atoms with Crippen molar-refractivity contribution in [2.75, 3.05) is 10.6 Å². The molecule has 0 aromatic heterocycles. The maximum absolute atomic E-state index is 12.3. The number of hydrogen-bond donors (Lipinski definition) is 1. The van der Waals surface area contributed by atoms with Gasteiger partial charge in [0.2, 0.25) is 5.91 Å². The van der Waals surface area contributed by atoms with Gasteiger partial charge in [0.25, 0.3) is 6.43 Å². The van der Waals surface area contributed by atoms with E-state index >= 15 is 0 Å². The second kappa shape index (κ2) is 5.42. The molecule has 0 spiro atoms. The first-order chi connectivity index (χ1) is 7.04. The van der Waals surface area contributed by atoms with Gasteiger partial charge in [0.05, 0.1) is 16.0 Å². The zero-order valence-corrected chi connectivity index (χ0v) is 9.78. The van der Waals surface area contributed by atoms with E-state index in [-0.39, 0.29) is 21.8 Å². The molecule has 1 aromatic carbocycles. The molecule has 1 amide bonds. The minimum Gasteiger partial charge on any atom is -0.324 e. The van der Waals surface area contributed by atoms with Crippen molar-refractivity contribution in [3.63, 3.8) is 0 Å². The summed E-state index contributed by atoms with van der Waals surface area (Å²) in [6.07, 6.45) is -2.57. The summed E-state index contributed by atoms with van der Waals surface area (Å²) in [6.45, 7) is 0. The van der Waals surface area contributed by atoms with E-state index in [1.165, 1.54) is 12.1 Å². The summed E-state index contributed by atoms with van der Waals surface area (Å²) in [4.78, 5) is 11.0. The Kier molecular flexibility index (Phi) is 4.47. The average molecular weight is 299 g/mol. The Morgan fingerprint density at radius 1 is 1.53 bits per heavy atom. The first kappa shape index (κ1) is 12.4. The van der Waals surface area contributed by atoms with Gasteiger partial charge in [-0.25, -0.2) is 8.78 Å². The summed E-state index contributed by atoms with van der Waals surface area (Å²) < 4.78 is 24.5. The fraction of sp³-hybridized carbons (Fsp3) is 0.222. The molecule has 1 rings (SSSR count). The van der Waals surface area contributed by atoms with Crippen molar-refractivity contribution in [1.82, 2.24) is 0 Å². The van der Waals surface area contributed by atoms with E-state index < -0.39 is 6.43 Å². The number of amides is 1. The lowest BCUT2D eigenvalue weighted by atomic mass is 10.2. The maximum Gasteiger partial charge on any atom is 0.263 e. The molecule has 0 fully saturated rings. The molecule has 6 heteroatoms. The maximum atomic E-state index is 12.3. The van der Waals surface area contributed by atoms with Crippen LogP contribution in [-0.4, -0.2) is 11.2 Å². The molecule has 0 saturated heterocycles. The van der Waals surface area contributed by atoms with Crippen LogP contribution in [0.25, 0.3) is 0 Å². The molecule has 0 aliphatic carbocycles. The summed E-state index contributed by atoms with van der Waals surface area (Å²) in [6, 6.07) is 3.71. The number of carbonyl (C=O) groups excluding carboxylic acids is 1. The Labute approximate surface area is 98.7 Å². The first-order valence-corrected chi connectivity index (χ1v) is 5.48. The quantitative estimate of drug-likeness (QED) is 0.849. The highest BCUT2D eigenvalue weighted by atomic mass is 79.9. The third-order valence-electron chi connectivity index (χ3n) is 1.64. The second-order valence-corrected chi connectivity index (χ2v) is 3.69. The predicted octanol–water partition coefficient (Wildman–Crippen LogP) is 3.61. The molecular formula is C9H7BrClF2NO. The summed E-state index contributed by atoms with van der Waals surface area (Å²) in [5.74, 6) is -0.290. The number of carbonyl (C=O) groups is 1. The van der Waals surface area contributed by atoms with Crippen LogP contribution in [-0.2, 0) is 4.79 Å². The van der Waals surface area contributed by atoms with Gasteiger partial charge in [-0.3, -0.25) is 4.79 Å². The van der Waals surface area contributed by atoms with Crippen LogP contribution in [0, 0.1) is 0 Å². The number of hydrogen-bond acceptors (Lipinski definition) is 1. The highest BCUT2D eigenvalue weighted by molar-refractivity contribution is 9.09. The normalized spacial score (nSPS) is 10.5. The van der Waals surface area contributed by atoms with E-state index in [2.05, 4.69) is 21.2 Å². The van der Waals surface area contributed by atoms with Gasteiger partial charge in [-0.05, 0) is 12.1 Å². The molecule has 0 unspecified atom stereocenters. The Balaban J connectivity index is 2.88. The number of benzene rings is 1. The standard InChI is InChI=1S/C9H7BrClF2NO/c10-4-8(15)14-7-2-1-5(9(12)13)3-6(7)11/h1-3,9H,4H2,(H,14,15). The SMILES string of the molecule is O=C(CBr)Nc1ccc(C(F)F)cc1Cl. The Morgan fingerprint density at radius 2 is 2.20 bits per heavy atom. The number of rotatable bonds is 3. The zero-order valence-electron chi connectivity index (χ0n) is 7.44. The van der Waals surface area contributed by atoms with Crippen LogP contribution >= 0.6 is 27.5 Å². The molecule has 0 atom stereocenters. The Bertz CT molecular complexity index is 373. The van der Waals surface area contributed by atoms with Crippen LogP contribution in [0.5, 0.6) is 0 Å². The van der Waals surface area contributed by atoms with E-state index in [0.717, 1.165) is 6.07 Å². The van der Waals surface area contributed by atoms with Gasteiger partial charge in [-0.15, -0.1) is 0 Å². The van der Waals surface area contributed by atoms with E-state index in [4.69, 9.17) is 11.6 Å². The minimum atomic E-state index is -2.57. The number of alkyl halides is 3. The van der Waals surface area contributed by atoms with E-state index in [0.29, 0.717) is 5.69 Å². The number of nitrogens with one attached hydrogen (secondary N) is 1. The van der Waals surface area contributed by atoms with Crippen LogP contribution < -0.4 is 5.32 Å². The molecule has 2 nitrogen and oxygen atoms in total. The smallest absolute Gasteiger partial charge is 0.263 e. The summed E-state index contributed by atoms with van der Waals surface area (Å²) >= 11 is 8.67. The number of anilines is 1. The summed E-state index contributed by atoms with van der Waals surface area (Å²) in [5, 5.41) is 2.69. The third-order valence-corrected chi connectivity index (χ3v) is 2.46. The van der Waals surface area contributed by atoms with Gasteiger partial charge in [0.1, 0.15) is 0 Å². The van der Waals surface area contributed by atoms with Gasteiger partial charge in [0.15, 0.2) is 0 Å². The predicted molar refractivity (Wildman–Crippen MR) is 58.8 cm³/mol. The second-order valence-electron chi connectivity index (χ2n) is 2.72. The molecule has 1 aromatic rings. The van der Waals surface area contributed by atoms with Gasteiger partial charge in [0, 0.05) is 5.56 Å². The number of halogens is 4. The van der Waals surface area contributed by atoms with Gasteiger partial charge in [-0.1, -0.05) is 33.6 Å². The average Bonchev–Trinajstić information content (AvgIpc) is 2.20. The molecule has 0 radical (unpaired) electrons. The van der Waals surface area contributed by atoms with Crippen LogP contribution in [0.2, 0.25) is 5.02 Å². The van der Waals surface area contributed by atoms with Crippen molar-refractivity contribution in [2.24, 2.45) is 0 Å². The van der Waals surface area contributed by atoms with Crippen molar-refractivity contribution in [1.29, 1.82) is 0 Å². The molecule has 0 bridgehead atoms. The van der Waals surface area contributed by atoms with Crippen molar-refractivity contribution in [2.45, 2.75) is 6.43 Å². The van der Waals surface area contributed by atoms with Crippen molar-refractivity contribution < 1.29 is 13.6 Å². The van der Waals surface area contributed by atoms with Crippen molar-refractivity contribution in [3.8, 4) is 0 Å². The van der Waals surface area contributed by atoms with E-state index in [9.17, 15) is 13.6 Å². The molecule has 15 heavy (non-hydrogen) atoms. The Hall–Kier alpha value is -0.680. The first-order valence-electron chi connectivity index (χ1n) is 3.98. The van der Waals surface area contributed by atoms with Gasteiger partial charge < -0.3 is 5.32 Å². The van der Waals surface area contributed by atoms with Crippen molar-refractivity contribution in [3.05, 3.63) is 28.8 Å². The van der Waals surface area contributed by atoms with Gasteiger partial charge >= 0.3 is 0 Å². The Morgan fingerprint density at radius 3 is 2.67 bits per heavy atom. The van der Waals surface area contributed by atoms with Crippen LogP contribution in [0.3, 0.4) is 0 Å².